The maximum atomic E-state index is 2.55. The van der Waals surface area contributed by atoms with Crippen molar-refractivity contribution < 1.29 is 0 Å². The zero-order chi connectivity index (χ0) is 12.9. The van der Waals surface area contributed by atoms with Gasteiger partial charge in [-0.2, -0.15) is 0 Å². The minimum atomic E-state index is -0.0224. The second kappa shape index (κ2) is 13.2. The minimum absolute atomic E-state index is 0.0224. The van der Waals surface area contributed by atoms with Crippen molar-refractivity contribution >= 4 is 21.1 Å². The fraction of sp³-hybridized carbons (Fsp3) is 1.00. The van der Waals surface area contributed by atoms with Crippen molar-refractivity contribution in [2.45, 2.75) is 49.4 Å². The van der Waals surface area contributed by atoms with Crippen molar-refractivity contribution in [3.63, 3.8) is 0 Å². The Labute approximate surface area is 119 Å². The van der Waals surface area contributed by atoms with Crippen LogP contribution in [0, 0.1) is 0 Å². The number of hydrogen-bond donors (Lipinski definition) is 0. The van der Waals surface area contributed by atoms with Gasteiger partial charge in [-0.05, 0) is 0 Å². The Balaban J connectivity index is 3.23. The van der Waals surface area contributed by atoms with Crippen molar-refractivity contribution in [1.29, 1.82) is 0 Å². The topological polar surface area (TPSA) is 6.48 Å². The average Bonchev–Trinajstić information content (AvgIpc) is 2.37. The van der Waals surface area contributed by atoms with Crippen LogP contribution in [0.3, 0.4) is 0 Å². The molecule has 0 aliphatic heterocycles. The molecule has 0 rings (SSSR count). The monoisotopic (exact) mass is 348 g/mol. The molecule has 2 radical (unpaired) electrons. The Morgan fingerprint density at radius 2 is 1.00 bits per heavy atom. The van der Waals surface area contributed by atoms with Gasteiger partial charge in [0.25, 0.3) is 0 Å². The fourth-order valence-corrected chi connectivity index (χ4v) is 5.10. The Kier molecular flexibility index (Phi) is 13.7. The summed E-state index contributed by atoms with van der Waals surface area (Å²) in [7, 11) is 0. The summed E-state index contributed by atoms with van der Waals surface area (Å²) in [6.07, 6.45) is 2.91. The van der Waals surface area contributed by atoms with Crippen LogP contribution in [0.25, 0.3) is 0 Å². The maximum absolute atomic E-state index is 2.55. The molecule has 0 unspecified atom stereocenters. The molecule has 0 aliphatic carbocycles. The third-order valence-electron chi connectivity index (χ3n) is 3.44. The van der Waals surface area contributed by atoms with Crippen molar-refractivity contribution in [3.8, 4) is 0 Å². The van der Waals surface area contributed by atoms with Crippen LogP contribution >= 0.6 is 0 Å². The molecule has 3 heteroatoms. The van der Waals surface area contributed by atoms with Gasteiger partial charge in [0.05, 0.1) is 0 Å². The molecule has 0 fully saturated rings. The summed E-state index contributed by atoms with van der Waals surface area (Å²) < 4.78 is 3.16. The zero-order valence-electron chi connectivity index (χ0n) is 12.5. The molecule has 0 spiro atoms. The van der Waals surface area contributed by atoms with Crippen molar-refractivity contribution in [2.75, 3.05) is 39.3 Å². The third-order valence-corrected chi connectivity index (χ3v) is 7.48. The molecule has 0 atom stereocenters. The van der Waals surface area contributed by atoms with E-state index < -0.39 is 0 Å². The number of rotatable bonds is 12. The van der Waals surface area contributed by atoms with Crippen LogP contribution in [0.4, 0.5) is 0 Å². The molecule has 17 heavy (non-hydrogen) atoms. The van der Waals surface area contributed by atoms with Crippen LogP contribution < -0.4 is 0 Å². The molecule has 0 amide bonds. The molecular formula is C14H32N2Sn. The van der Waals surface area contributed by atoms with Crippen molar-refractivity contribution in [3.05, 3.63) is 0 Å². The van der Waals surface area contributed by atoms with Crippen LogP contribution in [0.5, 0.6) is 0 Å². The first-order valence-corrected chi connectivity index (χ1v) is 11.5. The first kappa shape index (κ1) is 17.7. The zero-order valence-corrected chi connectivity index (χ0v) is 15.3. The van der Waals surface area contributed by atoms with Gasteiger partial charge < -0.3 is 0 Å². The van der Waals surface area contributed by atoms with Gasteiger partial charge in [-0.1, -0.05) is 0 Å². The fourth-order valence-electron chi connectivity index (χ4n) is 2.06. The molecule has 0 aromatic rings. The van der Waals surface area contributed by atoms with Crippen LogP contribution in [0.15, 0.2) is 0 Å². The summed E-state index contributed by atoms with van der Waals surface area (Å²) >= 11 is -0.0224. The number of nitrogens with zero attached hydrogens (tertiary/aromatic N) is 2. The van der Waals surface area contributed by atoms with E-state index in [4.69, 9.17) is 0 Å². The van der Waals surface area contributed by atoms with Crippen LogP contribution in [0.1, 0.15) is 40.5 Å². The quantitative estimate of drug-likeness (QED) is 0.396. The molecular weight excluding hydrogens is 315 g/mol. The van der Waals surface area contributed by atoms with Gasteiger partial charge in [0.1, 0.15) is 0 Å². The van der Waals surface area contributed by atoms with E-state index in [9.17, 15) is 0 Å². The molecule has 2 nitrogen and oxygen atoms in total. The third kappa shape index (κ3) is 10.3. The second-order valence-corrected chi connectivity index (χ2v) is 8.79. The van der Waals surface area contributed by atoms with Gasteiger partial charge in [-0.15, -0.1) is 0 Å². The van der Waals surface area contributed by atoms with E-state index in [1.54, 1.807) is 8.87 Å². The standard InChI is InChI=1S/2C7H16N.Sn/c2*1-4-7-8(5-2)6-3;/h2*1,4-7H2,2-3H3;. The summed E-state index contributed by atoms with van der Waals surface area (Å²) in [5.74, 6) is 0. The summed E-state index contributed by atoms with van der Waals surface area (Å²) in [6, 6.07) is 0. The molecule has 0 aromatic carbocycles. The van der Waals surface area contributed by atoms with E-state index in [0.717, 1.165) is 0 Å². The summed E-state index contributed by atoms with van der Waals surface area (Å²) in [5.41, 5.74) is 0. The van der Waals surface area contributed by atoms with E-state index in [-0.39, 0.29) is 21.1 Å². The van der Waals surface area contributed by atoms with E-state index in [0.29, 0.717) is 0 Å². The Morgan fingerprint density at radius 1 is 0.647 bits per heavy atom. The summed E-state index contributed by atoms with van der Waals surface area (Å²) in [4.78, 5) is 5.10. The van der Waals surface area contributed by atoms with Gasteiger partial charge in [0, 0.05) is 0 Å². The van der Waals surface area contributed by atoms with E-state index in [2.05, 4.69) is 37.5 Å². The Hall–Kier alpha value is 0.719. The van der Waals surface area contributed by atoms with Crippen molar-refractivity contribution in [2.24, 2.45) is 0 Å². The summed E-state index contributed by atoms with van der Waals surface area (Å²) in [6.45, 7) is 16.7. The normalized spacial score (nSPS) is 11.6. The van der Waals surface area contributed by atoms with Gasteiger partial charge in [0.2, 0.25) is 0 Å². The molecule has 0 aromatic heterocycles. The molecule has 0 bridgehead atoms. The van der Waals surface area contributed by atoms with E-state index in [1.165, 1.54) is 52.1 Å². The SMILES string of the molecule is CCN(CC)CC[CH2][Sn][CH2]CCN(CC)CC. The van der Waals surface area contributed by atoms with Gasteiger partial charge in [-0.3, -0.25) is 0 Å². The predicted molar refractivity (Wildman–Crippen MR) is 80.2 cm³/mol. The first-order valence-electron chi connectivity index (χ1n) is 7.43. The Bertz CT molecular complexity index is 129. The second-order valence-electron chi connectivity index (χ2n) is 4.51. The van der Waals surface area contributed by atoms with Crippen LogP contribution in [-0.4, -0.2) is 70.2 Å². The van der Waals surface area contributed by atoms with E-state index in [1.807, 2.05) is 0 Å². The van der Waals surface area contributed by atoms with Crippen LogP contribution in [-0.2, 0) is 0 Å². The molecule has 0 heterocycles. The molecule has 0 saturated carbocycles. The van der Waals surface area contributed by atoms with Gasteiger partial charge in [-0.25, -0.2) is 0 Å². The van der Waals surface area contributed by atoms with Gasteiger partial charge in [0.15, 0.2) is 0 Å². The summed E-state index contributed by atoms with van der Waals surface area (Å²) in [5, 5.41) is 0. The first-order chi connectivity index (χ1) is 8.28. The van der Waals surface area contributed by atoms with Crippen molar-refractivity contribution in [1.82, 2.24) is 9.80 Å². The van der Waals surface area contributed by atoms with E-state index >= 15 is 0 Å². The molecule has 0 aliphatic rings. The average molecular weight is 347 g/mol. The Morgan fingerprint density at radius 3 is 1.29 bits per heavy atom. The molecule has 0 N–H and O–H groups in total. The molecule has 0 saturated heterocycles. The van der Waals surface area contributed by atoms with Gasteiger partial charge >= 0.3 is 120 Å². The predicted octanol–water partition coefficient (Wildman–Crippen LogP) is 2.99. The van der Waals surface area contributed by atoms with Crippen LogP contribution in [0.2, 0.25) is 8.87 Å². The number of hydrogen-bond acceptors (Lipinski definition) is 2. The molecule has 102 valence electrons.